The second-order valence-corrected chi connectivity index (χ2v) is 6.79. The van der Waals surface area contributed by atoms with Gasteiger partial charge in [0.05, 0.1) is 16.8 Å². The lowest BCUT2D eigenvalue weighted by molar-refractivity contribution is 0.0926. The number of carbonyl (C=O) groups is 2. The van der Waals surface area contributed by atoms with Crippen LogP contribution in [-0.4, -0.2) is 11.8 Å². The normalized spacial score (nSPS) is 13.0. The quantitative estimate of drug-likeness (QED) is 0.555. The monoisotopic (exact) mass is 397 g/mol. The van der Waals surface area contributed by atoms with Crippen molar-refractivity contribution >= 4 is 40.7 Å². The molecular weight excluding hydrogens is 385 g/mol. The smallest absolute Gasteiger partial charge is 0.266 e. The van der Waals surface area contributed by atoms with E-state index in [9.17, 15) is 9.59 Å². The fourth-order valence-corrected chi connectivity index (χ4v) is 3.45. The topological polar surface area (TPSA) is 46.6 Å². The van der Waals surface area contributed by atoms with Gasteiger partial charge in [-0.05, 0) is 48.5 Å². The van der Waals surface area contributed by atoms with E-state index in [-0.39, 0.29) is 18.4 Å². The fraction of sp³-hybridized carbons (Fsp3) is 0.0476. The molecule has 0 bridgehead atoms. The van der Waals surface area contributed by atoms with Crippen molar-refractivity contribution in [2.75, 3.05) is 4.90 Å². The number of hydrogen-bond donors (Lipinski definition) is 0. The van der Waals surface area contributed by atoms with Gasteiger partial charge < -0.3 is 4.74 Å². The second kappa shape index (κ2) is 7.06. The molecule has 0 saturated carbocycles. The summed E-state index contributed by atoms with van der Waals surface area (Å²) in [6.07, 6.45) is 0. The summed E-state index contributed by atoms with van der Waals surface area (Å²) in [7, 11) is 0. The summed E-state index contributed by atoms with van der Waals surface area (Å²) in [6.45, 7) is 0.213. The van der Waals surface area contributed by atoms with Gasteiger partial charge in [-0.15, -0.1) is 0 Å². The number of nitrogens with zero attached hydrogens (tertiary/aromatic N) is 1. The van der Waals surface area contributed by atoms with Gasteiger partial charge in [-0.3, -0.25) is 9.59 Å². The van der Waals surface area contributed by atoms with Gasteiger partial charge in [0.25, 0.3) is 11.8 Å². The van der Waals surface area contributed by atoms with E-state index in [1.807, 2.05) is 0 Å². The third-order valence-corrected chi connectivity index (χ3v) is 5.04. The van der Waals surface area contributed by atoms with Crippen molar-refractivity contribution in [1.29, 1.82) is 0 Å². The maximum Gasteiger partial charge on any atom is 0.266 e. The number of imide groups is 1. The Morgan fingerprint density at radius 1 is 0.741 bits per heavy atom. The summed E-state index contributed by atoms with van der Waals surface area (Å²) < 4.78 is 5.73. The fourth-order valence-electron chi connectivity index (χ4n) is 2.94. The largest absolute Gasteiger partial charge is 0.489 e. The highest BCUT2D eigenvalue weighted by Gasteiger charge is 2.36. The minimum Gasteiger partial charge on any atom is -0.489 e. The van der Waals surface area contributed by atoms with Crippen molar-refractivity contribution in [3.8, 4) is 5.75 Å². The van der Waals surface area contributed by atoms with Crippen LogP contribution in [0.2, 0.25) is 10.0 Å². The third kappa shape index (κ3) is 3.18. The van der Waals surface area contributed by atoms with Crippen molar-refractivity contribution in [1.82, 2.24) is 0 Å². The van der Waals surface area contributed by atoms with Crippen LogP contribution in [0, 0.1) is 0 Å². The zero-order valence-electron chi connectivity index (χ0n) is 14.0. The molecule has 0 fully saturated rings. The molecule has 1 aliphatic heterocycles. The Kier molecular flexibility index (Phi) is 4.60. The van der Waals surface area contributed by atoms with Crippen molar-refractivity contribution in [2.24, 2.45) is 0 Å². The van der Waals surface area contributed by atoms with E-state index in [2.05, 4.69) is 0 Å². The first kappa shape index (κ1) is 17.6. The van der Waals surface area contributed by atoms with Gasteiger partial charge in [0.15, 0.2) is 0 Å². The number of carbonyl (C=O) groups excluding carboxylic acids is 2. The second-order valence-electron chi connectivity index (χ2n) is 5.97. The van der Waals surface area contributed by atoms with Gasteiger partial charge in [-0.1, -0.05) is 41.4 Å². The van der Waals surface area contributed by atoms with Crippen LogP contribution in [-0.2, 0) is 6.61 Å². The van der Waals surface area contributed by atoms with Crippen molar-refractivity contribution in [3.05, 3.63) is 93.5 Å². The zero-order chi connectivity index (χ0) is 19.0. The van der Waals surface area contributed by atoms with Crippen LogP contribution in [0.25, 0.3) is 0 Å². The van der Waals surface area contributed by atoms with Gasteiger partial charge in [0.1, 0.15) is 12.4 Å². The molecule has 4 rings (SSSR count). The number of hydrogen-bond acceptors (Lipinski definition) is 3. The molecule has 134 valence electrons. The average molecular weight is 398 g/mol. The number of ether oxygens (including phenoxy) is 1. The Morgan fingerprint density at radius 2 is 1.30 bits per heavy atom. The maximum atomic E-state index is 12.5. The molecule has 3 aromatic carbocycles. The van der Waals surface area contributed by atoms with Crippen molar-refractivity contribution in [3.63, 3.8) is 0 Å². The first-order valence-corrected chi connectivity index (χ1v) is 8.95. The molecule has 3 aromatic rings. The first-order valence-electron chi connectivity index (χ1n) is 8.20. The van der Waals surface area contributed by atoms with E-state index < -0.39 is 0 Å². The molecule has 0 unspecified atom stereocenters. The number of amides is 2. The zero-order valence-corrected chi connectivity index (χ0v) is 15.5. The molecule has 0 N–H and O–H groups in total. The Hall–Kier alpha value is -2.82. The number of halogens is 2. The molecule has 0 radical (unpaired) electrons. The molecule has 0 spiro atoms. The van der Waals surface area contributed by atoms with E-state index >= 15 is 0 Å². The van der Waals surface area contributed by atoms with Crippen LogP contribution in [0.15, 0.2) is 66.7 Å². The van der Waals surface area contributed by atoms with Crippen LogP contribution < -0.4 is 9.64 Å². The lowest BCUT2D eigenvalue weighted by Crippen LogP contribution is -2.29. The van der Waals surface area contributed by atoms with E-state index in [1.54, 1.807) is 66.7 Å². The Bertz CT molecular complexity index is 992. The molecule has 0 aromatic heterocycles. The van der Waals surface area contributed by atoms with Gasteiger partial charge in [-0.2, -0.15) is 0 Å². The molecule has 4 nitrogen and oxygen atoms in total. The Labute approximate surface area is 165 Å². The minimum atomic E-state index is -0.327. The average Bonchev–Trinajstić information content (AvgIpc) is 2.93. The highest BCUT2D eigenvalue weighted by molar-refractivity contribution is 6.36. The van der Waals surface area contributed by atoms with E-state index in [0.717, 1.165) is 0 Å². The van der Waals surface area contributed by atoms with Crippen LogP contribution in [0.4, 0.5) is 5.69 Å². The number of anilines is 1. The molecule has 27 heavy (non-hydrogen) atoms. The minimum absolute atomic E-state index is 0.213. The van der Waals surface area contributed by atoms with Gasteiger partial charge in [0, 0.05) is 15.6 Å². The summed E-state index contributed by atoms with van der Waals surface area (Å²) >= 11 is 12.3. The summed E-state index contributed by atoms with van der Waals surface area (Å²) in [5, 5.41) is 1.07. The summed E-state index contributed by atoms with van der Waals surface area (Å²) in [5.41, 5.74) is 2.02. The lowest BCUT2D eigenvalue weighted by atomic mass is 10.1. The molecular formula is C21H13Cl2NO3. The first-order chi connectivity index (χ1) is 13.1. The number of fused-ring (bicyclic) bond motifs is 1. The Balaban J connectivity index is 1.52. The summed E-state index contributed by atoms with van der Waals surface area (Å²) in [6, 6.07) is 18.8. The third-order valence-electron chi connectivity index (χ3n) is 4.33. The number of rotatable bonds is 4. The molecule has 2 amide bonds. The van der Waals surface area contributed by atoms with Crippen LogP contribution in [0.5, 0.6) is 5.75 Å². The van der Waals surface area contributed by atoms with E-state index in [0.29, 0.717) is 38.2 Å². The Morgan fingerprint density at radius 3 is 1.85 bits per heavy atom. The summed E-state index contributed by atoms with van der Waals surface area (Å²) in [5.74, 6) is -0.0782. The van der Waals surface area contributed by atoms with Gasteiger partial charge >= 0.3 is 0 Å². The predicted molar refractivity (Wildman–Crippen MR) is 105 cm³/mol. The molecule has 1 heterocycles. The van der Waals surface area contributed by atoms with E-state index in [1.165, 1.54) is 4.90 Å². The van der Waals surface area contributed by atoms with E-state index in [4.69, 9.17) is 27.9 Å². The van der Waals surface area contributed by atoms with Crippen LogP contribution in [0.3, 0.4) is 0 Å². The van der Waals surface area contributed by atoms with Crippen LogP contribution >= 0.6 is 23.2 Å². The standard InChI is InChI=1S/C21H13Cl2NO3/c22-18-6-3-7-19(23)17(18)12-27-14-10-8-13(9-11-14)24-20(25)15-4-1-2-5-16(15)21(24)26/h1-11H,12H2. The molecule has 6 heteroatoms. The summed E-state index contributed by atoms with van der Waals surface area (Å²) in [4.78, 5) is 26.2. The maximum absolute atomic E-state index is 12.5. The molecule has 0 aliphatic carbocycles. The highest BCUT2D eigenvalue weighted by Crippen LogP contribution is 2.30. The van der Waals surface area contributed by atoms with Gasteiger partial charge in [0.2, 0.25) is 0 Å². The highest BCUT2D eigenvalue weighted by atomic mass is 35.5. The SMILES string of the molecule is O=C1c2ccccc2C(=O)N1c1ccc(OCc2c(Cl)cccc2Cl)cc1. The van der Waals surface area contributed by atoms with Crippen molar-refractivity contribution in [2.45, 2.75) is 6.61 Å². The predicted octanol–water partition coefficient (Wildman–Crippen LogP) is 5.37. The van der Waals surface area contributed by atoms with Crippen LogP contribution in [0.1, 0.15) is 26.3 Å². The lowest BCUT2D eigenvalue weighted by Gasteiger charge is -2.15. The van der Waals surface area contributed by atoms with Crippen molar-refractivity contribution < 1.29 is 14.3 Å². The molecule has 0 atom stereocenters. The molecule has 1 aliphatic rings. The van der Waals surface area contributed by atoms with Gasteiger partial charge in [-0.25, -0.2) is 4.90 Å². The molecule has 0 saturated heterocycles. The number of benzene rings is 3.